The molecule has 8 heteroatoms. The largest absolute Gasteiger partial charge is 0.481 e. The van der Waals surface area contributed by atoms with Crippen LogP contribution >= 0.6 is 0 Å². The normalized spacial score (nSPS) is 10.9. The molecule has 3 aromatic carbocycles. The molecule has 162 valence electrons. The Morgan fingerprint density at radius 3 is 2.76 bits per heavy atom. The van der Waals surface area contributed by atoms with Gasteiger partial charge in [-0.3, -0.25) is 9.59 Å². The van der Waals surface area contributed by atoms with Crippen LogP contribution in [0.4, 0.5) is 10.1 Å². The fourth-order valence-electron chi connectivity index (χ4n) is 3.19. The van der Waals surface area contributed by atoms with E-state index in [1.807, 2.05) is 6.07 Å². The Kier molecular flexibility index (Phi) is 5.96. The van der Waals surface area contributed by atoms with Crippen LogP contribution in [0.15, 0.2) is 71.2 Å². The lowest BCUT2D eigenvalue weighted by Gasteiger charge is -2.05. The van der Waals surface area contributed by atoms with E-state index in [1.165, 1.54) is 24.3 Å². The smallest absolute Gasteiger partial charge is 0.307 e. The second-order valence-electron chi connectivity index (χ2n) is 7.15. The SMILES string of the molecule is N#Cc1cccc(C=CC(=O)Nc2ccc(-c3nc4cc(CC(=O)O)ccc4o3)cc2F)c1. The van der Waals surface area contributed by atoms with Gasteiger partial charge in [0.2, 0.25) is 11.8 Å². The van der Waals surface area contributed by atoms with Crippen LogP contribution in [0.5, 0.6) is 0 Å². The maximum absolute atomic E-state index is 14.6. The third kappa shape index (κ3) is 5.11. The molecular formula is C25H16FN3O4. The lowest BCUT2D eigenvalue weighted by atomic mass is 10.1. The van der Waals surface area contributed by atoms with Gasteiger partial charge >= 0.3 is 5.97 Å². The number of benzene rings is 3. The molecule has 0 spiro atoms. The average molecular weight is 441 g/mol. The summed E-state index contributed by atoms with van der Waals surface area (Å²) in [7, 11) is 0. The molecule has 2 N–H and O–H groups in total. The summed E-state index contributed by atoms with van der Waals surface area (Å²) >= 11 is 0. The third-order valence-corrected chi connectivity index (χ3v) is 4.72. The fraction of sp³-hybridized carbons (Fsp3) is 0.0400. The number of carbonyl (C=O) groups excluding carboxylic acids is 1. The van der Waals surface area contributed by atoms with Gasteiger partial charge in [-0.1, -0.05) is 18.2 Å². The van der Waals surface area contributed by atoms with Crippen molar-refractivity contribution in [2.45, 2.75) is 6.42 Å². The first-order chi connectivity index (χ1) is 15.9. The highest BCUT2D eigenvalue weighted by atomic mass is 19.1. The molecule has 1 amide bonds. The molecule has 0 atom stereocenters. The maximum atomic E-state index is 14.6. The number of nitriles is 1. The summed E-state index contributed by atoms with van der Waals surface area (Å²) in [5, 5.41) is 20.3. The molecule has 1 aromatic heterocycles. The molecule has 0 fully saturated rings. The minimum atomic E-state index is -0.955. The van der Waals surface area contributed by atoms with Crippen molar-refractivity contribution in [3.05, 3.63) is 89.2 Å². The number of carboxylic acids is 1. The standard InChI is InChI=1S/C25H16FN3O4/c26-19-13-18(25-29-21-11-16(12-24(31)32)4-8-22(21)33-25)6-7-20(19)28-23(30)9-5-15-2-1-3-17(10-15)14-27/h1-11,13H,12H2,(H,28,30)(H,31,32). The van der Waals surface area contributed by atoms with Crippen molar-refractivity contribution in [3.8, 4) is 17.5 Å². The van der Waals surface area contributed by atoms with Gasteiger partial charge in [0.25, 0.3) is 0 Å². The molecule has 1 heterocycles. The number of carbonyl (C=O) groups is 2. The molecule has 0 aliphatic carbocycles. The van der Waals surface area contributed by atoms with Gasteiger partial charge in [-0.25, -0.2) is 9.37 Å². The quantitative estimate of drug-likeness (QED) is 0.416. The van der Waals surface area contributed by atoms with E-state index in [9.17, 15) is 14.0 Å². The number of nitrogens with zero attached hydrogens (tertiary/aromatic N) is 2. The zero-order valence-electron chi connectivity index (χ0n) is 17.1. The molecular weight excluding hydrogens is 425 g/mol. The Morgan fingerprint density at radius 1 is 1.15 bits per heavy atom. The van der Waals surface area contributed by atoms with E-state index >= 15 is 0 Å². The van der Waals surface area contributed by atoms with E-state index in [-0.39, 0.29) is 18.0 Å². The predicted molar refractivity (Wildman–Crippen MR) is 120 cm³/mol. The lowest BCUT2D eigenvalue weighted by Crippen LogP contribution is -2.09. The van der Waals surface area contributed by atoms with Gasteiger partial charge < -0.3 is 14.8 Å². The van der Waals surface area contributed by atoms with Crippen molar-refractivity contribution in [1.82, 2.24) is 4.98 Å². The fourth-order valence-corrected chi connectivity index (χ4v) is 3.19. The van der Waals surface area contributed by atoms with Crippen molar-refractivity contribution < 1.29 is 23.5 Å². The van der Waals surface area contributed by atoms with Crippen molar-refractivity contribution in [2.75, 3.05) is 5.32 Å². The first-order valence-corrected chi connectivity index (χ1v) is 9.82. The van der Waals surface area contributed by atoms with E-state index in [0.717, 1.165) is 0 Å². The van der Waals surface area contributed by atoms with Gasteiger partial charge in [0, 0.05) is 11.6 Å². The molecule has 4 rings (SSSR count). The third-order valence-electron chi connectivity index (χ3n) is 4.72. The lowest BCUT2D eigenvalue weighted by molar-refractivity contribution is -0.136. The molecule has 0 aliphatic rings. The van der Waals surface area contributed by atoms with E-state index in [2.05, 4.69) is 10.3 Å². The maximum Gasteiger partial charge on any atom is 0.307 e. The molecule has 0 saturated carbocycles. The Hall–Kier alpha value is -4.77. The highest BCUT2D eigenvalue weighted by Crippen LogP contribution is 2.28. The molecule has 0 radical (unpaired) electrons. The summed E-state index contributed by atoms with van der Waals surface area (Å²) in [6, 6.07) is 17.8. The summed E-state index contributed by atoms with van der Waals surface area (Å²) in [5.41, 5.74) is 2.98. The van der Waals surface area contributed by atoms with Crippen molar-refractivity contribution in [2.24, 2.45) is 0 Å². The zero-order valence-corrected chi connectivity index (χ0v) is 17.1. The van der Waals surface area contributed by atoms with Gasteiger partial charge in [0.1, 0.15) is 11.3 Å². The van der Waals surface area contributed by atoms with Crippen molar-refractivity contribution in [1.29, 1.82) is 5.26 Å². The highest BCUT2D eigenvalue weighted by Gasteiger charge is 2.13. The minimum absolute atomic E-state index is 0.0148. The summed E-state index contributed by atoms with van der Waals surface area (Å²) in [6.07, 6.45) is 2.64. The van der Waals surface area contributed by atoms with E-state index in [1.54, 1.807) is 48.5 Å². The topological polar surface area (TPSA) is 116 Å². The van der Waals surface area contributed by atoms with E-state index in [4.69, 9.17) is 14.8 Å². The molecule has 0 unspecified atom stereocenters. The summed E-state index contributed by atoms with van der Waals surface area (Å²) in [6.45, 7) is 0. The second-order valence-corrected chi connectivity index (χ2v) is 7.15. The number of oxazole rings is 1. The number of fused-ring (bicyclic) bond motifs is 1. The first kappa shape index (κ1) is 21.5. The molecule has 0 saturated heterocycles. The number of hydrogen-bond acceptors (Lipinski definition) is 5. The number of aliphatic carboxylic acids is 1. The van der Waals surface area contributed by atoms with E-state index in [0.29, 0.717) is 33.4 Å². The number of carboxylic acid groups (broad SMARTS) is 1. The Labute approximate surface area is 187 Å². The summed E-state index contributed by atoms with van der Waals surface area (Å²) < 4.78 is 20.3. The monoisotopic (exact) mass is 441 g/mol. The Balaban J connectivity index is 1.49. The predicted octanol–water partition coefficient (Wildman–Crippen LogP) is 4.78. The van der Waals surface area contributed by atoms with Crippen LogP contribution in [0.2, 0.25) is 0 Å². The van der Waals surface area contributed by atoms with Gasteiger partial charge in [-0.2, -0.15) is 5.26 Å². The van der Waals surface area contributed by atoms with Gasteiger partial charge in [0.15, 0.2) is 5.58 Å². The second kappa shape index (κ2) is 9.16. The number of amides is 1. The van der Waals surface area contributed by atoms with Crippen LogP contribution in [0.1, 0.15) is 16.7 Å². The summed E-state index contributed by atoms with van der Waals surface area (Å²) in [5.74, 6) is -1.98. The van der Waals surface area contributed by atoms with Gasteiger partial charge in [-0.15, -0.1) is 0 Å². The number of aromatic nitrogens is 1. The molecule has 33 heavy (non-hydrogen) atoms. The zero-order chi connectivity index (χ0) is 23.4. The van der Waals surface area contributed by atoms with Gasteiger partial charge in [-0.05, 0) is 59.7 Å². The van der Waals surface area contributed by atoms with E-state index < -0.39 is 17.7 Å². The van der Waals surface area contributed by atoms with Gasteiger partial charge in [0.05, 0.1) is 23.7 Å². The Morgan fingerprint density at radius 2 is 2.00 bits per heavy atom. The molecule has 0 aliphatic heterocycles. The molecule has 0 bridgehead atoms. The molecule has 7 nitrogen and oxygen atoms in total. The van der Waals surface area contributed by atoms with Crippen molar-refractivity contribution in [3.63, 3.8) is 0 Å². The van der Waals surface area contributed by atoms with Crippen LogP contribution < -0.4 is 5.32 Å². The van der Waals surface area contributed by atoms with Crippen LogP contribution in [0.3, 0.4) is 0 Å². The number of nitrogens with one attached hydrogen (secondary N) is 1. The minimum Gasteiger partial charge on any atom is -0.481 e. The van der Waals surface area contributed by atoms with Crippen LogP contribution in [-0.2, 0) is 16.0 Å². The Bertz CT molecular complexity index is 1450. The number of anilines is 1. The van der Waals surface area contributed by atoms with Crippen LogP contribution in [0, 0.1) is 17.1 Å². The van der Waals surface area contributed by atoms with Crippen LogP contribution in [0.25, 0.3) is 28.6 Å². The number of halogens is 1. The summed E-state index contributed by atoms with van der Waals surface area (Å²) in [4.78, 5) is 27.4. The van der Waals surface area contributed by atoms with Crippen molar-refractivity contribution >= 4 is 34.7 Å². The first-order valence-electron chi connectivity index (χ1n) is 9.82. The van der Waals surface area contributed by atoms with Crippen LogP contribution in [-0.4, -0.2) is 22.0 Å². The highest BCUT2D eigenvalue weighted by molar-refractivity contribution is 6.02. The number of rotatable bonds is 6. The number of hydrogen-bond donors (Lipinski definition) is 2. The molecule has 4 aromatic rings. The average Bonchev–Trinajstić information content (AvgIpc) is 3.22.